The molecule has 0 aromatic heterocycles. The second-order valence-corrected chi connectivity index (χ2v) is 6.59. The third kappa shape index (κ3) is 4.08. The highest BCUT2D eigenvalue weighted by molar-refractivity contribution is 6.24. The minimum absolute atomic E-state index is 0.207. The number of para-hydroxylation sites is 1. The molecule has 5 heteroatoms. The summed E-state index contributed by atoms with van der Waals surface area (Å²) in [5, 5.41) is 15.8. The summed E-state index contributed by atoms with van der Waals surface area (Å²) in [6.45, 7) is 5.73. The van der Waals surface area contributed by atoms with Gasteiger partial charge in [-0.1, -0.05) is 55.1 Å². The lowest BCUT2D eigenvalue weighted by molar-refractivity contribution is -0.120. The van der Waals surface area contributed by atoms with Crippen LogP contribution in [0.15, 0.2) is 72.5 Å². The number of amides is 2. The van der Waals surface area contributed by atoms with Crippen LogP contribution >= 0.6 is 0 Å². The Morgan fingerprint density at radius 1 is 1.15 bits per heavy atom. The summed E-state index contributed by atoms with van der Waals surface area (Å²) in [5.41, 5.74) is 3.00. The van der Waals surface area contributed by atoms with Crippen molar-refractivity contribution in [2.24, 2.45) is 0 Å². The molecule has 1 unspecified atom stereocenters. The molecule has 138 valence electrons. The van der Waals surface area contributed by atoms with Gasteiger partial charge in [0.05, 0.1) is 6.04 Å². The molecule has 2 amide bonds. The van der Waals surface area contributed by atoms with Gasteiger partial charge < -0.3 is 15.7 Å². The van der Waals surface area contributed by atoms with Crippen molar-refractivity contribution in [3.63, 3.8) is 0 Å². The summed E-state index contributed by atoms with van der Waals surface area (Å²) in [6, 6.07) is 16.4. The van der Waals surface area contributed by atoms with Crippen LogP contribution < -0.4 is 10.6 Å². The molecule has 1 aliphatic rings. The van der Waals surface area contributed by atoms with Crippen LogP contribution in [0.2, 0.25) is 0 Å². The van der Waals surface area contributed by atoms with Crippen LogP contribution in [0.25, 0.3) is 5.57 Å². The van der Waals surface area contributed by atoms with Crippen molar-refractivity contribution >= 4 is 23.1 Å². The molecule has 0 bridgehead atoms. The summed E-state index contributed by atoms with van der Waals surface area (Å²) in [6.07, 6.45) is 1.20. The molecule has 2 aromatic rings. The number of rotatable bonds is 6. The number of carbonyl (C=O) groups is 2. The molecule has 5 nitrogen and oxygen atoms in total. The summed E-state index contributed by atoms with van der Waals surface area (Å²) in [5.74, 6) is -1.39. The van der Waals surface area contributed by atoms with Gasteiger partial charge in [0.1, 0.15) is 11.3 Å². The molecular formula is C22H22N2O3. The lowest BCUT2D eigenvalue weighted by atomic mass is 10.0. The minimum Gasteiger partial charge on any atom is -0.509 e. The molecule has 3 rings (SSSR count). The van der Waals surface area contributed by atoms with Gasteiger partial charge in [-0.25, -0.2) is 0 Å². The zero-order valence-electron chi connectivity index (χ0n) is 15.2. The zero-order chi connectivity index (χ0) is 19.4. The maximum atomic E-state index is 12.6. The maximum Gasteiger partial charge on any atom is 0.264 e. The zero-order valence-corrected chi connectivity index (χ0v) is 15.2. The summed E-state index contributed by atoms with van der Waals surface area (Å²) >= 11 is 0. The van der Waals surface area contributed by atoms with Gasteiger partial charge in [-0.05, 0) is 37.0 Å². The summed E-state index contributed by atoms with van der Waals surface area (Å²) in [4.78, 5) is 24.9. The lowest BCUT2D eigenvalue weighted by Gasteiger charge is -2.11. The number of hydrogen-bond acceptors (Lipinski definition) is 3. The van der Waals surface area contributed by atoms with E-state index < -0.39 is 17.9 Å². The quantitative estimate of drug-likeness (QED) is 0.687. The highest BCUT2D eigenvalue weighted by atomic mass is 16.3. The molecule has 27 heavy (non-hydrogen) atoms. The third-order valence-corrected chi connectivity index (χ3v) is 4.55. The fraction of sp³-hybridized carbons (Fsp3) is 0.182. The van der Waals surface area contributed by atoms with Crippen LogP contribution in [0.5, 0.6) is 0 Å². The first kappa shape index (κ1) is 18.5. The van der Waals surface area contributed by atoms with E-state index in [4.69, 9.17) is 0 Å². The Kier molecular flexibility index (Phi) is 5.41. The number of benzene rings is 2. The van der Waals surface area contributed by atoms with Gasteiger partial charge in [0, 0.05) is 11.3 Å². The molecule has 2 aromatic carbocycles. The Morgan fingerprint density at radius 3 is 2.52 bits per heavy atom. The molecule has 0 aliphatic carbocycles. The Bertz CT molecular complexity index is 916. The average molecular weight is 362 g/mol. The van der Waals surface area contributed by atoms with Crippen molar-refractivity contribution in [1.82, 2.24) is 5.32 Å². The van der Waals surface area contributed by atoms with Crippen molar-refractivity contribution in [3.05, 3.63) is 83.6 Å². The van der Waals surface area contributed by atoms with Crippen molar-refractivity contribution in [2.45, 2.75) is 25.8 Å². The van der Waals surface area contributed by atoms with Gasteiger partial charge in [0.25, 0.3) is 11.8 Å². The van der Waals surface area contributed by atoms with E-state index >= 15 is 0 Å². The van der Waals surface area contributed by atoms with Crippen LogP contribution in [0.1, 0.15) is 24.5 Å². The van der Waals surface area contributed by atoms with Gasteiger partial charge in [-0.15, -0.1) is 0 Å². The topological polar surface area (TPSA) is 78.4 Å². The number of aliphatic hydroxyl groups is 1. The molecule has 0 saturated heterocycles. The van der Waals surface area contributed by atoms with Crippen molar-refractivity contribution < 1.29 is 14.7 Å². The number of anilines is 1. The maximum absolute atomic E-state index is 12.6. The first-order valence-corrected chi connectivity index (χ1v) is 8.81. The number of carbonyl (C=O) groups excluding carboxylic acids is 2. The number of nitrogens with one attached hydrogen (secondary N) is 2. The third-order valence-electron chi connectivity index (χ3n) is 4.55. The predicted molar refractivity (Wildman–Crippen MR) is 106 cm³/mol. The second-order valence-electron chi connectivity index (χ2n) is 6.59. The molecule has 0 radical (unpaired) electrons. The summed E-state index contributed by atoms with van der Waals surface area (Å²) < 4.78 is 0. The van der Waals surface area contributed by atoms with E-state index in [1.54, 1.807) is 12.1 Å². The Morgan fingerprint density at radius 2 is 1.81 bits per heavy atom. The Balaban J connectivity index is 1.74. The van der Waals surface area contributed by atoms with Gasteiger partial charge >= 0.3 is 0 Å². The number of allylic oxidation sites excluding steroid dienone is 1. The second kappa shape index (κ2) is 7.91. The molecule has 3 N–H and O–H groups in total. The van der Waals surface area contributed by atoms with Crippen molar-refractivity contribution in [2.75, 3.05) is 5.32 Å². The van der Waals surface area contributed by atoms with E-state index in [-0.39, 0.29) is 11.3 Å². The molecule has 1 atom stereocenters. The Labute approximate surface area is 158 Å². The predicted octanol–water partition coefficient (Wildman–Crippen LogP) is 3.60. The first-order chi connectivity index (χ1) is 13.0. The molecular weight excluding hydrogens is 340 g/mol. The average Bonchev–Trinajstić information content (AvgIpc) is 2.94. The largest absolute Gasteiger partial charge is 0.509 e. The van der Waals surface area contributed by atoms with Gasteiger partial charge in [-0.2, -0.15) is 0 Å². The van der Waals surface area contributed by atoms with E-state index in [1.807, 2.05) is 49.4 Å². The number of aliphatic hydroxyl groups excluding tert-OH is 1. The van der Waals surface area contributed by atoms with E-state index in [0.29, 0.717) is 18.5 Å². The van der Waals surface area contributed by atoms with Crippen molar-refractivity contribution in [1.29, 1.82) is 0 Å². The van der Waals surface area contributed by atoms with Crippen LogP contribution in [-0.4, -0.2) is 23.0 Å². The standard InChI is InChI=1S/C22H22N2O3/c1-14(2)16-10-6-7-11-17(16)23-21(26)19-20(25)18(24-22(19)27)13-12-15-8-4-3-5-9-15/h3-11,18,25H,1,12-13H2,2H3,(H,23,26)(H,24,27). The highest BCUT2D eigenvalue weighted by Crippen LogP contribution is 2.25. The smallest absolute Gasteiger partial charge is 0.264 e. The van der Waals surface area contributed by atoms with E-state index in [9.17, 15) is 14.7 Å². The van der Waals surface area contributed by atoms with E-state index in [0.717, 1.165) is 16.7 Å². The Hall–Kier alpha value is -3.34. The van der Waals surface area contributed by atoms with Gasteiger partial charge in [0.15, 0.2) is 0 Å². The molecule has 1 heterocycles. The van der Waals surface area contributed by atoms with Gasteiger partial charge in [0.2, 0.25) is 0 Å². The van der Waals surface area contributed by atoms with Crippen molar-refractivity contribution in [3.8, 4) is 0 Å². The van der Waals surface area contributed by atoms with Gasteiger partial charge in [-0.3, -0.25) is 9.59 Å². The lowest BCUT2D eigenvalue weighted by Crippen LogP contribution is -2.30. The minimum atomic E-state index is -0.624. The highest BCUT2D eigenvalue weighted by Gasteiger charge is 2.35. The summed E-state index contributed by atoms with van der Waals surface area (Å²) in [7, 11) is 0. The number of hydrogen-bond donors (Lipinski definition) is 3. The van der Waals surface area contributed by atoms with E-state index in [1.165, 1.54) is 0 Å². The van der Waals surface area contributed by atoms with E-state index in [2.05, 4.69) is 17.2 Å². The van der Waals surface area contributed by atoms with Crippen LogP contribution in [0.3, 0.4) is 0 Å². The first-order valence-electron chi connectivity index (χ1n) is 8.81. The molecule has 0 saturated carbocycles. The monoisotopic (exact) mass is 362 g/mol. The SMILES string of the molecule is C=C(C)c1ccccc1NC(=O)C1=C(O)C(CCc2ccccc2)NC1=O. The number of aryl methyl sites for hydroxylation is 1. The van der Waals surface area contributed by atoms with Crippen LogP contribution in [0, 0.1) is 0 Å². The molecule has 0 spiro atoms. The molecule has 1 aliphatic heterocycles. The fourth-order valence-corrected chi connectivity index (χ4v) is 3.12. The van der Waals surface area contributed by atoms with Crippen LogP contribution in [-0.2, 0) is 16.0 Å². The normalized spacial score (nSPS) is 16.2. The fourth-order valence-electron chi connectivity index (χ4n) is 3.12. The van der Waals surface area contributed by atoms with Crippen LogP contribution in [0.4, 0.5) is 5.69 Å². The molecule has 0 fully saturated rings.